The first-order chi connectivity index (χ1) is 14.7. The van der Waals surface area contributed by atoms with Gasteiger partial charge in [-0.3, -0.25) is 10.2 Å². The highest BCUT2D eigenvalue weighted by molar-refractivity contribution is 5.96. The molecule has 1 aromatic carbocycles. The number of cyclic esters (lactones) is 1. The zero-order chi connectivity index (χ0) is 20.5. The van der Waals surface area contributed by atoms with Crippen molar-refractivity contribution in [3.63, 3.8) is 0 Å². The van der Waals surface area contributed by atoms with Crippen molar-refractivity contribution in [3.05, 3.63) is 29.3 Å². The molecule has 0 radical (unpaired) electrons. The number of carbonyl (C=O) groups excluding carboxylic acids is 2. The molecule has 4 bridgehead atoms. The van der Waals surface area contributed by atoms with Crippen molar-refractivity contribution < 1.29 is 19.1 Å². The first-order valence-electron chi connectivity index (χ1n) is 11.2. The molecule has 162 valence electrons. The Morgan fingerprint density at radius 1 is 1.10 bits per heavy atom. The molecule has 3 N–H and O–H groups in total. The summed E-state index contributed by atoms with van der Waals surface area (Å²) >= 11 is 0. The molecule has 2 saturated heterocycles. The Kier molecular flexibility index (Phi) is 5.62. The third-order valence-corrected chi connectivity index (χ3v) is 6.83. The van der Waals surface area contributed by atoms with Gasteiger partial charge in [-0.1, -0.05) is 6.07 Å². The number of hydrogen-bond acceptors (Lipinski definition) is 6. The minimum Gasteiger partial charge on any atom is -0.445 e. The molecule has 30 heavy (non-hydrogen) atoms. The number of rotatable bonds is 1. The van der Waals surface area contributed by atoms with Gasteiger partial charge in [0, 0.05) is 37.7 Å². The maximum Gasteiger partial charge on any atom is 0.407 e. The second kappa shape index (κ2) is 8.53. The SMILES string of the molecule is O=C1NCCCOC2CCC3NNC(c4ccc(N5CCCC5=O)c(c4)CO1)C3C2. The molecule has 5 rings (SSSR count). The number of alkyl carbamates (subject to hydrolysis) is 1. The quantitative estimate of drug-likeness (QED) is 0.652. The average Bonchev–Trinajstić information content (AvgIpc) is 3.37. The molecule has 4 aliphatic rings. The van der Waals surface area contributed by atoms with Crippen LogP contribution in [0.1, 0.15) is 55.7 Å². The third-order valence-electron chi connectivity index (χ3n) is 6.83. The number of carbonyl (C=O) groups is 2. The van der Waals surface area contributed by atoms with Crippen LogP contribution in [0, 0.1) is 5.92 Å². The Morgan fingerprint density at radius 2 is 2.03 bits per heavy atom. The monoisotopic (exact) mass is 414 g/mol. The van der Waals surface area contributed by atoms with E-state index in [4.69, 9.17) is 9.47 Å². The van der Waals surface area contributed by atoms with E-state index in [-0.39, 0.29) is 24.7 Å². The molecule has 0 aromatic heterocycles. The smallest absolute Gasteiger partial charge is 0.407 e. The number of anilines is 1. The van der Waals surface area contributed by atoms with Crippen LogP contribution in [0.25, 0.3) is 0 Å². The minimum absolute atomic E-state index is 0.132. The predicted octanol–water partition coefficient (Wildman–Crippen LogP) is 2.15. The van der Waals surface area contributed by atoms with Gasteiger partial charge < -0.3 is 19.7 Å². The van der Waals surface area contributed by atoms with Crippen LogP contribution in [0.4, 0.5) is 10.5 Å². The summed E-state index contributed by atoms with van der Waals surface area (Å²) in [4.78, 5) is 26.3. The summed E-state index contributed by atoms with van der Waals surface area (Å²) in [6.07, 6.45) is 5.18. The Bertz CT molecular complexity index is 816. The fourth-order valence-electron chi connectivity index (χ4n) is 5.29. The van der Waals surface area contributed by atoms with Crippen molar-refractivity contribution in [2.45, 2.75) is 63.3 Å². The van der Waals surface area contributed by atoms with Gasteiger partial charge in [0.1, 0.15) is 6.61 Å². The van der Waals surface area contributed by atoms with E-state index in [1.165, 1.54) is 0 Å². The maximum absolute atomic E-state index is 12.3. The van der Waals surface area contributed by atoms with E-state index in [1.54, 1.807) is 0 Å². The van der Waals surface area contributed by atoms with Crippen molar-refractivity contribution in [3.8, 4) is 0 Å². The highest BCUT2D eigenvalue weighted by Crippen LogP contribution is 2.40. The van der Waals surface area contributed by atoms with Crippen LogP contribution in [0.2, 0.25) is 0 Å². The van der Waals surface area contributed by atoms with Gasteiger partial charge in [-0.05, 0) is 55.7 Å². The zero-order valence-corrected chi connectivity index (χ0v) is 17.2. The van der Waals surface area contributed by atoms with Gasteiger partial charge in [-0.25, -0.2) is 10.2 Å². The van der Waals surface area contributed by atoms with Crippen LogP contribution >= 0.6 is 0 Å². The number of amides is 2. The number of hydrazine groups is 1. The summed E-state index contributed by atoms with van der Waals surface area (Å²) in [7, 11) is 0. The fourth-order valence-corrected chi connectivity index (χ4v) is 5.29. The molecule has 4 atom stereocenters. The van der Waals surface area contributed by atoms with Crippen molar-refractivity contribution in [1.82, 2.24) is 16.2 Å². The van der Waals surface area contributed by atoms with Crippen LogP contribution in [0.3, 0.4) is 0 Å². The van der Waals surface area contributed by atoms with Gasteiger partial charge in [0.2, 0.25) is 5.91 Å². The molecule has 3 aliphatic heterocycles. The predicted molar refractivity (Wildman–Crippen MR) is 111 cm³/mol. The van der Waals surface area contributed by atoms with Gasteiger partial charge in [0.25, 0.3) is 0 Å². The van der Waals surface area contributed by atoms with Crippen molar-refractivity contribution >= 4 is 17.7 Å². The molecule has 8 nitrogen and oxygen atoms in total. The van der Waals surface area contributed by atoms with Gasteiger partial charge in [0.05, 0.1) is 17.8 Å². The summed E-state index contributed by atoms with van der Waals surface area (Å²) in [5.41, 5.74) is 9.85. The van der Waals surface area contributed by atoms with Crippen LogP contribution in [0.5, 0.6) is 0 Å². The van der Waals surface area contributed by atoms with E-state index in [0.29, 0.717) is 38.1 Å². The Hall–Kier alpha value is -2.16. The normalized spacial score (nSPS) is 32.2. The first kappa shape index (κ1) is 19.8. The summed E-state index contributed by atoms with van der Waals surface area (Å²) in [5, 5.41) is 2.80. The van der Waals surface area contributed by atoms with Gasteiger partial charge >= 0.3 is 6.09 Å². The van der Waals surface area contributed by atoms with Gasteiger partial charge in [-0.15, -0.1) is 0 Å². The number of fused-ring (bicyclic) bond motifs is 4. The van der Waals surface area contributed by atoms with Gasteiger partial charge in [-0.2, -0.15) is 0 Å². The molecule has 3 fully saturated rings. The molecular formula is C22H30N4O4. The maximum atomic E-state index is 12.3. The molecule has 3 heterocycles. The van der Waals surface area contributed by atoms with Crippen molar-refractivity contribution in [2.24, 2.45) is 5.92 Å². The topological polar surface area (TPSA) is 91.9 Å². The van der Waals surface area contributed by atoms with E-state index >= 15 is 0 Å². The molecule has 1 aliphatic carbocycles. The molecule has 2 amide bonds. The number of nitrogens with one attached hydrogen (secondary N) is 3. The second-order valence-corrected chi connectivity index (χ2v) is 8.74. The molecule has 0 spiro atoms. The highest BCUT2D eigenvalue weighted by Gasteiger charge is 2.41. The van der Waals surface area contributed by atoms with Crippen LogP contribution in [-0.2, 0) is 20.9 Å². The number of hydrogen-bond donors (Lipinski definition) is 3. The molecule has 1 saturated carbocycles. The van der Waals surface area contributed by atoms with Crippen LogP contribution in [-0.4, -0.2) is 43.8 Å². The minimum atomic E-state index is -0.437. The summed E-state index contributed by atoms with van der Waals surface area (Å²) in [6, 6.07) is 6.82. The lowest BCUT2D eigenvalue weighted by atomic mass is 9.78. The largest absolute Gasteiger partial charge is 0.445 e. The Morgan fingerprint density at radius 3 is 2.90 bits per heavy atom. The summed E-state index contributed by atoms with van der Waals surface area (Å²) in [5.74, 6) is 0.578. The van der Waals surface area contributed by atoms with Gasteiger partial charge in [0.15, 0.2) is 0 Å². The molecular weight excluding hydrogens is 384 g/mol. The van der Waals surface area contributed by atoms with Crippen LogP contribution in [0.15, 0.2) is 18.2 Å². The number of ether oxygens (including phenoxy) is 2. The van der Waals surface area contributed by atoms with E-state index in [0.717, 1.165) is 48.9 Å². The molecule has 1 aromatic rings. The van der Waals surface area contributed by atoms with Crippen molar-refractivity contribution in [1.29, 1.82) is 0 Å². The lowest BCUT2D eigenvalue weighted by molar-refractivity contribution is -0.117. The summed E-state index contributed by atoms with van der Waals surface area (Å²) in [6.45, 7) is 2.03. The average molecular weight is 415 g/mol. The number of nitrogens with zero attached hydrogens (tertiary/aromatic N) is 1. The van der Waals surface area contributed by atoms with E-state index in [9.17, 15) is 9.59 Å². The standard InChI is InChI=1S/C22H30N4O4/c27-20-3-1-9-26(20)19-7-4-14-11-15(19)13-30-22(28)23-8-2-10-29-16-5-6-18-17(12-16)21(14)25-24-18/h4,7,11,16-18,21,24-25H,1-3,5-6,8-10,12-13H2,(H,23,28). The number of benzene rings is 1. The highest BCUT2D eigenvalue weighted by atomic mass is 16.5. The van der Waals surface area contributed by atoms with E-state index in [1.807, 2.05) is 11.0 Å². The second-order valence-electron chi connectivity index (χ2n) is 8.74. The Labute approximate surface area is 176 Å². The molecule has 4 unspecified atom stereocenters. The van der Waals surface area contributed by atoms with Crippen LogP contribution < -0.4 is 21.1 Å². The van der Waals surface area contributed by atoms with E-state index in [2.05, 4.69) is 28.3 Å². The Balaban J connectivity index is 1.47. The third kappa shape index (κ3) is 3.91. The summed E-state index contributed by atoms with van der Waals surface area (Å²) < 4.78 is 11.6. The fraction of sp³-hybridized carbons (Fsp3) is 0.636. The molecule has 8 heteroatoms. The first-order valence-corrected chi connectivity index (χ1v) is 11.2. The lowest BCUT2D eigenvalue weighted by Crippen LogP contribution is -2.37. The zero-order valence-electron chi connectivity index (χ0n) is 17.2. The van der Waals surface area contributed by atoms with E-state index < -0.39 is 6.09 Å². The van der Waals surface area contributed by atoms with Crippen molar-refractivity contribution in [2.75, 3.05) is 24.6 Å². The lowest BCUT2D eigenvalue weighted by Gasteiger charge is -2.33.